The molecule has 0 aromatic carbocycles. The molecule has 0 aliphatic heterocycles. The lowest BCUT2D eigenvalue weighted by molar-refractivity contribution is -0.117. The summed E-state index contributed by atoms with van der Waals surface area (Å²) in [5, 5.41) is 12.0. The third-order valence-corrected chi connectivity index (χ3v) is 4.51. The van der Waals surface area contributed by atoms with E-state index in [0.29, 0.717) is 11.8 Å². The van der Waals surface area contributed by atoms with Crippen molar-refractivity contribution in [2.75, 3.05) is 18.6 Å². The Morgan fingerprint density at radius 1 is 1.47 bits per heavy atom. The molecule has 1 fully saturated rings. The van der Waals surface area contributed by atoms with E-state index in [-0.39, 0.29) is 18.6 Å². The number of hydrogen-bond donors (Lipinski definition) is 2. The molecule has 1 atom stereocenters. The third kappa shape index (κ3) is 6.48. The van der Waals surface area contributed by atoms with Gasteiger partial charge in [0.25, 0.3) is 0 Å². The summed E-state index contributed by atoms with van der Waals surface area (Å²) in [5.41, 5.74) is 1.69. The lowest BCUT2D eigenvalue weighted by Gasteiger charge is -2.30. The third-order valence-electron chi connectivity index (χ3n) is 3.77. The maximum atomic E-state index is 12.0. The van der Waals surface area contributed by atoms with E-state index < -0.39 is 0 Å². The Balaban J connectivity index is 2.45. The summed E-state index contributed by atoms with van der Waals surface area (Å²) in [6, 6.07) is 0.0735. The van der Waals surface area contributed by atoms with Gasteiger partial charge in [-0.2, -0.15) is 11.8 Å². The van der Waals surface area contributed by atoms with E-state index in [0.717, 1.165) is 31.4 Å². The van der Waals surface area contributed by atoms with E-state index in [1.807, 2.05) is 6.26 Å². The highest BCUT2D eigenvalue weighted by molar-refractivity contribution is 7.98. The highest BCUT2D eigenvalue weighted by Gasteiger charge is 2.23. The quantitative estimate of drug-likeness (QED) is 0.738. The van der Waals surface area contributed by atoms with Crippen LogP contribution in [-0.2, 0) is 4.79 Å². The van der Waals surface area contributed by atoms with Crippen LogP contribution in [-0.4, -0.2) is 35.7 Å². The van der Waals surface area contributed by atoms with E-state index >= 15 is 0 Å². The summed E-state index contributed by atoms with van der Waals surface area (Å²) in [5.74, 6) is 0.852. The minimum atomic E-state index is 0.00204. The van der Waals surface area contributed by atoms with Crippen LogP contribution in [0.5, 0.6) is 0 Å². The van der Waals surface area contributed by atoms with Crippen LogP contribution in [0.15, 0.2) is 11.6 Å². The smallest absolute Gasteiger partial charge is 0.244 e. The summed E-state index contributed by atoms with van der Waals surface area (Å²) in [4.78, 5) is 12.0. The number of hydrogen-bond acceptors (Lipinski definition) is 3. The van der Waals surface area contributed by atoms with Crippen molar-refractivity contribution in [1.82, 2.24) is 5.32 Å². The number of amides is 1. The minimum Gasteiger partial charge on any atom is -0.396 e. The molecule has 1 aliphatic carbocycles. The average molecular weight is 285 g/mol. The van der Waals surface area contributed by atoms with Crippen molar-refractivity contribution in [1.29, 1.82) is 0 Å². The van der Waals surface area contributed by atoms with Gasteiger partial charge in [0.1, 0.15) is 0 Å². The van der Waals surface area contributed by atoms with Gasteiger partial charge in [0.05, 0.1) is 0 Å². The number of aliphatic hydroxyl groups is 1. The molecule has 0 aromatic rings. The summed E-state index contributed by atoms with van der Waals surface area (Å²) in [6.07, 6.45) is 8.82. The molecule has 0 heterocycles. The van der Waals surface area contributed by atoms with Gasteiger partial charge in [0, 0.05) is 24.5 Å². The van der Waals surface area contributed by atoms with Crippen LogP contribution in [0.25, 0.3) is 0 Å². The van der Waals surface area contributed by atoms with E-state index in [1.165, 1.54) is 5.57 Å². The van der Waals surface area contributed by atoms with Crippen LogP contribution in [0.1, 0.15) is 46.0 Å². The van der Waals surface area contributed by atoms with Crippen LogP contribution >= 0.6 is 11.8 Å². The summed E-state index contributed by atoms with van der Waals surface area (Å²) < 4.78 is 0. The molecule has 0 bridgehead atoms. The number of allylic oxidation sites excluding steroid dienone is 1. The monoisotopic (exact) mass is 285 g/mol. The molecular formula is C15H27NO2S. The second-order valence-electron chi connectivity index (χ2n) is 6.14. The lowest BCUT2D eigenvalue weighted by atomic mass is 9.75. The van der Waals surface area contributed by atoms with Crippen molar-refractivity contribution < 1.29 is 9.90 Å². The van der Waals surface area contributed by atoms with E-state index in [1.54, 1.807) is 17.8 Å². The predicted octanol–water partition coefficient (Wildman–Crippen LogP) is 2.74. The van der Waals surface area contributed by atoms with Gasteiger partial charge in [0.15, 0.2) is 0 Å². The largest absolute Gasteiger partial charge is 0.396 e. The van der Waals surface area contributed by atoms with Crippen LogP contribution in [0.2, 0.25) is 0 Å². The average Bonchev–Trinajstić information content (AvgIpc) is 2.32. The number of carbonyl (C=O) groups is 1. The fourth-order valence-electron chi connectivity index (χ4n) is 2.37. The molecule has 0 aromatic heterocycles. The Kier molecular flexibility index (Phi) is 6.94. The fourth-order valence-corrected chi connectivity index (χ4v) is 3.03. The Morgan fingerprint density at radius 3 is 2.63 bits per heavy atom. The first-order chi connectivity index (χ1) is 8.96. The second kappa shape index (κ2) is 7.95. The maximum Gasteiger partial charge on any atom is 0.244 e. The number of nitrogens with one attached hydrogen (secondary N) is 1. The van der Waals surface area contributed by atoms with Gasteiger partial charge in [-0.1, -0.05) is 19.4 Å². The predicted molar refractivity (Wildman–Crippen MR) is 82.3 cm³/mol. The molecular weight excluding hydrogens is 258 g/mol. The first kappa shape index (κ1) is 16.6. The van der Waals surface area contributed by atoms with Crippen molar-refractivity contribution >= 4 is 17.7 Å². The Labute approximate surface area is 121 Å². The van der Waals surface area contributed by atoms with Crippen LogP contribution in [0, 0.1) is 5.41 Å². The van der Waals surface area contributed by atoms with Crippen molar-refractivity contribution in [3.05, 3.63) is 11.6 Å². The zero-order valence-electron chi connectivity index (χ0n) is 12.4. The molecule has 3 nitrogen and oxygen atoms in total. The van der Waals surface area contributed by atoms with Gasteiger partial charge in [-0.25, -0.2) is 0 Å². The fraction of sp³-hybridized carbons (Fsp3) is 0.800. The van der Waals surface area contributed by atoms with Gasteiger partial charge in [0.2, 0.25) is 5.91 Å². The molecule has 0 radical (unpaired) electrons. The van der Waals surface area contributed by atoms with Crippen molar-refractivity contribution in [2.45, 2.75) is 52.0 Å². The Bertz CT molecular complexity index is 308. The molecule has 0 spiro atoms. The summed E-state index contributed by atoms with van der Waals surface area (Å²) >= 11 is 1.69. The molecule has 1 unspecified atom stereocenters. The molecule has 1 rings (SSSR count). The first-order valence-electron chi connectivity index (χ1n) is 7.06. The van der Waals surface area contributed by atoms with Gasteiger partial charge in [-0.3, -0.25) is 4.79 Å². The van der Waals surface area contributed by atoms with Crippen LogP contribution in [0.4, 0.5) is 0 Å². The van der Waals surface area contributed by atoms with Gasteiger partial charge in [-0.15, -0.1) is 0 Å². The summed E-state index contributed by atoms with van der Waals surface area (Å²) in [6.45, 7) is 4.70. The lowest BCUT2D eigenvalue weighted by Crippen LogP contribution is -2.36. The van der Waals surface area contributed by atoms with Gasteiger partial charge >= 0.3 is 0 Å². The molecule has 1 aliphatic rings. The molecule has 0 saturated heterocycles. The zero-order chi connectivity index (χ0) is 14.3. The van der Waals surface area contributed by atoms with E-state index in [4.69, 9.17) is 5.11 Å². The van der Waals surface area contributed by atoms with E-state index in [2.05, 4.69) is 19.2 Å². The minimum absolute atomic E-state index is 0.00204. The van der Waals surface area contributed by atoms with Crippen LogP contribution < -0.4 is 5.32 Å². The topological polar surface area (TPSA) is 49.3 Å². The zero-order valence-corrected chi connectivity index (χ0v) is 13.2. The molecule has 2 N–H and O–H groups in total. The highest BCUT2D eigenvalue weighted by atomic mass is 32.2. The number of thioether (sulfide) groups is 1. The van der Waals surface area contributed by atoms with Crippen molar-refractivity contribution in [2.24, 2.45) is 5.41 Å². The number of carbonyl (C=O) groups excluding carboxylic acids is 1. The Morgan fingerprint density at radius 2 is 2.11 bits per heavy atom. The molecule has 1 amide bonds. The standard InChI is InChI=1S/C15H27NO2S/c1-15(2)7-4-12(5-8-15)10-14(18)16-13(6-9-17)11-19-3/h10,13,17H,4-9,11H2,1-3H3,(H,16,18). The van der Waals surface area contributed by atoms with Crippen molar-refractivity contribution in [3.8, 4) is 0 Å². The highest BCUT2D eigenvalue weighted by Crippen LogP contribution is 2.37. The maximum absolute atomic E-state index is 12.0. The van der Waals surface area contributed by atoms with Crippen molar-refractivity contribution in [3.63, 3.8) is 0 Å². The van der Waals surface area contributed by atoms with E-state index in [9.17, 15) is 4.79 Å². The first-order valence-corrected chi connectivity index (χ1v) is 8.46. The number of aliphatic hydroxyl groups excluding tert-OH is 1. The second-order valence-corrected chi connectivity index (χ2v) is 7.05. The molecule has 19 heavy (non-hydrogen) atoms. The van der Waals surface area contributed by atoms with Crippen LogP contribution in [0.3, 0.4) is 0 Å². The Hall–Kier alpha value is -0.480. The summed E-state index contributed by atoms with van der Waals surface area (Å²) in [7, 11) is 0. The molecule has 1 saturated carbocycles. The molecule has 110 valence electrons. The van der Waals surface area contributed by atoms with Gasteiger partial charge < -0.3 is 10.4 Å². The number of rotatable bonds is 6. The molecule has 4 heteroatoms. The SMILES string of the molecule is CSCC(CCO)NC(=O)C=C1CCC(C)(C)CC1. The van der Waals surface area contributed by atoms with Gasteiger partial charge in [-0.05, 0) is 43.8 Å². The normalized spacial score (nSPS) is 19.9.